The molecule has 3 heterocycles. The average molecular weight is 480 g/mol. The fourth-order valence-corrected chi connectivity index (χ4v) is 1.53. The molecule has 7 heteroatoms. The maximum atomic E-state index is 4.98. The van der Waals surface area contributed by atoms with Crippen molar-refractivity contribution < 1.29 is 43.4 Å². The van der Waals surface area contributed by atoms with Gasteiger partial charge in [-0.25, -0.2) is 0 Å². The summed E-state index contributed by atoms with van der Waals surface area (Å²) in [5, 5.41) is 0. The first-order chi connectivity index (χ1) is 9.23. The topological polar surface area (TPSA) is 27.7 Å². The second-order valence-electron chi connectivity index (χ2n) is 4.11. The molecule has 0 spiro atoms. The van der Waals surface area contributed by atoms with Crippen LogP contribution in [0.2, 0.25) is 0 Å². The summed E-state index contributed by atoms with van der Waals surface area (Å²) in [6.45, 7) is 6.00. The van der Waals surface area contributed by atoms with E-state index in [0.717, 1.165) is 39.6 Å². The molecular weight excluding hydrogens is 456 g/mol. The van der Waals surface area contributed by atoms with Gasteiger partial charge >= 0.3 is 47.1 Å². The molecule has 3 saturated heterocycles. The molecule has 0 aromatic heterocycles. The van der Waals surface area contributed by atoms with Gasteiger partial charge in [0.1, 0.15) is 0 Å². The summed E-state index contributed by atoms with van der Waals surface area (Å²) < 4.78 is 14.8. The predicted molar refractivity (Wildman–Crippen MR) is 77.7 cm³/mol. The van der Waals surface area contributed by atoms with E-state index in [-0.39, 0.29) is 0 Å². The zero-order chi connectivity index (χ0) is 14.2. The van der Waals surface area contributed by atoms with Crippen LogP contribution in [0.25, 0.3) is 0 Å². The quantitative estimate of drug-likeness (QED) is 0.513. The van der Waals surface area contributed by atoms with Gasteiger partial charge < -0.3 is 14.2 Å². The summed E-state index contributed by atoms with van der Waals surface area (Å²) in [5.74, 6) is 14.9. The van der Waals surface area contributed by atoms with Gasteiger partial charge in [0.2, 0.25) is 0 Å². The third-order valence-electron chi connectivity index (χ3n) is 2.48. The molecule has 0 N–H and O–H groups in total. The molecule has 0 saturated carbocycles. The van der Waals surface area contributed by atoms with Crippen LogP contribution in [0, 0.1) is 29.2 Å². The van der Waals surface area contributed by atoms with Crippen molar-refractivity contribution in [2.45, 2.75) is 38.5 Å². The molecule has 3 aliphatic rings. The Morgan fingerprint density at radius 2 is 0.632 bits per heavy atom. The summed E-state index contributed by atoms with van der Waals surface area (Å²) in [4.78, 5) is 0. The minimum absolute atomic E-state index is 1.00. The van der Waals surface area contributed by atoms with Gasteiger partial charge in [-0.15, -0.1) is 0 Å². The third-order valence-corrected chi connectivity index (χ3v) is 2.48. The van der Waals surface area contributed by atoms with E-state index in [0.29, 0.717) is 0 Å². The number of hydrogen-bond acceptors (Lipinski definition) is 3. The van der Waals surface area contributed by atoms with Crippen LogP contribution in [0.5, 0.6) is 0 Å². The monoisotopic (exact) mass is 479 g/mol. The van der Waals surface area contributed by atoms with Crippen LogP contribution in [-0.4, -0.2) is 39.6 Å². The molecule has 0 aromatic rings. The molecular formula is C12H24Cl3GdO3. The van der Waals surface area contributed by atoms with E-state index in [1.807, 2.05) is 0 Å². The van der Waals surface area contributed by atoms with Crippen molar-refractivity contribution in [3.8, 4) is 0 Å². The molecule has 119 valence electrons. The predicted octanol–water partition coefficient (Wildman–Crippen LogP) is 4.46. The molecule has 0 radical (unpaired) electrons. The van der Waals surface area contributed by atoms with Gasteiger partial charge in [-0.05, 0) is 38.5 Å². The molecule has 19 heavy (non-hydrogen) atoms. The van der Waals surface area contributed by atoms with Crippen LogP contribution in [0.3, 0.4) is 0 Å². The zero-order valence-electron chi connectivity index (χ0n) is 11.2. The van der Waals surface area contributed by atoms with Gasteiger partial charge in [-0.2, -0.15) is 0 Å². The van der Waals surface area contributed by atoms with Crippen LogP contribution in [0.4, 0.5) is 0 Å². The Bertz CT molecular complexity index is 115. The van der Waals surface area contributed by atoms with E-state index in [1.165, 1.54) is 38.5 Å². The minimum atomic E-state index is -1.98. The van der Waals surface area contributed by atoms with E-state index in [9.17, 15) is 0 Å². The Morgan fingerprint density at radius 1 is 0.474 bits per heavy atom. The zero-order valence-corrected chi connectivity index (χ0v) is 15.7. The molecule has 0 aromatic carbocycles. The second kappa shape index (κ2) is 18.1. The summed E-state index contributed by atoms with van der Waals surface area (Å²) in [6.07, 6.45) is 7.67. The molecule has 0 aliphatic carbocycles. The first kappa shape index (κ1) is 21.1. The van der Waals surface area contributed by atoms with Crippen LogP contribution < -0.4 is 0 Å². The summed E-state index contributed by atoms with van der Waals surface area (Å²) >= 11 is -1.98. The van der Waals surface area contributed by atoms with E-state index in [2.05, 4.69) is 0 Å². The normalized spacial score (nSPS) is 21.3. The van der Waals surface area contributed by atoms with Gasteiger partial charge in [0, 0.05) is 39.6 Å². The van der Waals surface area contributed by atoms with Gasteiger partial charge in [0.15, 0.2) is 0 Å². The molecule has 3 aliphatic heterocycles. The SMILES string of the molecule is C1CCOC1.C1CCOC1.C1CCOC1.[Cl][Gd]([Cl])[Cl]. The first-order valence-corrected chi connectivity index (χ1v) is 15.2. The van der Waals surface area contributed by atoms with Crippen LogP contribution in [0.15, 0.2) is 0 Å². The molecule has 0 bridgehead atoms. The van der Waals surface area contributed by atoms with Crippen LogP contribution in [0.1, 0.15) is 38.5 Å². The number of hydrogen-bond donors (Lipinski definition) is 0. The Morgan fingerprint density at radius 3 is 0.684 bits per heavy atom. The fourth-order valence-electron chi connectivity index (χ4n) is 1.53. The van der Waals surface area contributed by atoms with Crippen molar-refractivity contribution in [3.63, 3.8) is 0 Å². The summed E-state index contributed by atoms with van der Waals surface area (Å²) in [7, 11) is 0. The Kier molecular flexibility index (Phi) is 20.1. The van der Waals surface area contributed by atoms with Crippen LogP contribution >= 0.6 is 17.9 Å². The van der Waals surface area contributed by atoms with Crippen molar-refractivity contribution in [2.75, 3.05) is 39.6 Å². The van der Waals surface area contributed by atoms with Gasteiger partial charge in [-0.1, -0.05) is 0 Å². The van der Waals surface area contributed by atoms with Gasteiger partial charge in [0.05, 0.1) is 0 Å². The number of rotatable bonds is 0. The van der Waals surface area contributed by atoms with Crippen molar-refractivity contribution in [1.29, 1.82) is 0 Å². The van der Waals surface area contributed by atoms with Crippen LogP contribution in [-0.2, 0) is 14.2 Å². The van der Waals surface area contributed by atoms with E-state index >= 15 is 0 Å². The Labute approximate surface area is 138 Å². The van der Waals surface area contributed by atoms with E-state index in [1.54, 1.807) is 0 Å². The first-order valence-electron chi connectivity index (χ1n) is 6.63. The third kappa shape index (κ3) is 22.5. The second-order valence-corrected chi connectivity index (χ2v) is 14.1. The fraction of sp³-hybridized carbons (Fsp3) is 1.00. The van der Waals surface area contributed by atoms with Gasteiger partial charge in [0.25, 0.3) is 0 Å². The van der Waals surface area contributed by atoms with Crippen molar-refractivity contribution in [1.82, 2.24) is 0 Å². The van der Waals surface area contributed by atoms with E-state index in [4.69, 9.17) is 32.1 Å². The molecule has 3 rings (SSSR count). The molecule has 3 fully saturated rings. The molecule has 0 atom stereocenters. The summed E-state index contributed by atoms with van der Waals surface area (Å²) in [6, 6.07) is 0. The number of halogens is 3. The van der Waals surface area contributed by atoms with Crippen molar-refractivity contribution >= 4 is 17.9 Å². The van der Waals surface area contributed by atoms with E-state index < -0.39 is 29.2 Å². The molecule has 0 amide bonds. The Balaban J connectivity index is 0.000000229. The average Bonchev–Trinajstić information content (AvgIpc) is 3.18. The molecule has 3 nitrogen and oxygen atoms in total. The standard InChI is InChI=1S/3C4H8O.3ClH.Gd/c3*1-2-4-5-3-1;;;;/h3*1-4H2;3*1H;/q;;;;;;+3/p-3. The Hall–Kier alpha value is 2.07. The summed E-state index contributed by atoms with van der Waals surface area (Å²) in [5.41, 5.74) is 0. The number of ether oxygens (including phenoxy) is 3. The maximum absolute atomic E-state index is 4.98. The van der Waals surface area contributed by atoms with Crippen molar-refractivity contribution in [3.05, 3.63) is 0 Å². The molecule has 0 unspecified atom stereocenters. The van der Waals surface area contributed by atoms with Gasteiger partial charge in [-0.3, -0.25) is 0 Å². The van der Waals surface area contributed by atoms with Crippen molar-refractivity contribution in [2.24, 2.45) is 0 Å².